The van der Waals surface area contributed by atoms with Crippen molar-refractivity contribution in [2.75, 3.05) is 26.1 Å². The van der Waals surface area contributed by atoms with Crippen LogP contribution in [-0.4, -0.2) is 61.6 Å². The van der Waals surface area contributed by atoms with E-state index in [-0.39, 0.29) is 30.9 Å². The van der Waals surface area contributed by atoms with Crippen LogP contribution in [0, 0.1) is 13.8 Å². The quantitative estimate of drug-likeness (QED) is 0.264. The lowest BCUT2D eigenvalue weighted by atomic mass is 10.0. The van der Waals surface area contributed by atoms with E-state index in [1.54, 1.807) is 32.9 Å². The standard InChI is InChI=1S/C26H29N3O8/c1-6-37-26(34)22-13(2)20(27-14(22)3)12-17-16-11-15(7-8-18(16)28-24(17)32)23(31)29-19(25(33)36-5)9-10-21(30)35-4/h7-8,11-12,19,27H,6,9-10H2,1-5H3,(H,28,32)(H,29,31)/b17-12-/t19-/m1/s1. The first-order chi connectivity index (χ1) is 17.6. The number of methoxy groups -OCH3 is 2. The molecule has 2 aromatic rings. The van der Waals surface area contributed by atoms with Crippen molar-refractivity contribution in [3.8, 4) is 0 Å². The molecule has 1 atom stereocenters. The fraction of sp³-hybridized carbons (Fsp3) is 0.346. The van der Waals surface area contributed by atoms with E-state index >= 15 is 0 Å². The van der Waals surface area contributed by atoms with Gasteiger partial charge < -0.3 is 29.8 Å². The number of hydrogen-bond donors (Lipinski definition) is 3. The van der Waals surface area contributed by atoms with Crippen molar-refractivity contribution in [3.05, 3.63) is 51.8 Å². The fourth-order valence-corrected chi connectivity index (χ4v) is 4.04. The Kier molecular flexibility index (Phi) is 8.49. The van der Waals surface area contributed by atoms with Crippen molar-refractivity contribution in [2.45, 2.75) is 39.7 Å². The number of carbonyl (C=O) groups excluding carboxylic acids is 5. The zero-order valence-corrected chi connectivity index (χ0v) is 21.3. The van der Waals surface area contributed by atoms with Gasteiger partial charge in [-0.05, 0) is 57.0 Å². The van der Waals surface area contributed by atoms with Crippen LogP contribution in [0.5, 0.6) is 0 Å². The molecule has 0 spiro atoms. The van der Waals surface area contributed by atoms with Crippen LogP contribution in [0.15, 0.2) is 18.2 Å². The highest BCUT2D eigenvalue weighted by Gasteiger charge is 2.28. The van der Waals surface area contributed by atoms with Gasteiger partial charge in [-0.25, -0.2) is 9.59 Å². The number of rotatable bonds is 9. The van der Waals surface area contributed by atoms with E-state index in [4.69, 9.17) is 9.47 Å². The van der Waals surface area contributed by atoms with Gasteiger partial charge in [0.25, 0.3) is 11.8 Å². The molecule has 196 valence electrons. The Bertz CT molecular complexity index is 1290. The summed E-state index contributed by atoms with van der Waals surface area (Å²) in [6, 6.07) is 3.56. The summed E-state index contributed by atoms with van der Waals surface area (Å²) in [6.07, 6.45) is 1.52. The molecule has 2 heterocycles. The second kappa shape index (κ2) is 11.5. The van der Waals surface area contributed by atoms with Gasteiger partial charge in [0.2, 0.25) is 0 Å². The first-order valence-corrected chi connectivity index (χ1v) is 11.6. The van der Waals surface area contributed by atoms with Gasteiger partial charge in [0.1, 0.15) is 6.04 Å². The normalized spacial score (nSPS) is 14.0. The van der Waals surface area contributed by atoms with Crippen molar-refractivity contribution in [1.82, 2.24) is 10.3 Å². The largest absolute Gasteiger partial charge is 0.469 e. The Morgan fingerprint density at radius 3 is 2.49 bits per heavy atom. The van der Waals surface area contributed by atoms with E-state index in [1.807, 2.05) is 0 Å². The second-order valence-electron chi connectivity index (χ2n) is 8.32. The summed E-state index contributed by atoms with van der Waals surface area (Å²) >= 11 is 0. The number of H-pyrrole nitrogens is 1. The van der Waals surface area contributed by atoms with Crippen molar-refractivity contribution in [2.24, 2.45) is 0 Å². The molecular formula is C26H29N3O8. The highest BCUT2D eigenvalue weighted by molar-refractivity contribution is 6.35. The van der Waals surface area contributed by atoms with E-state index in [1.165, 1.54) is 26.4 Å². The van der Waals surface area contributed by atoms with Gasteiger partial charge in [0, 0.05) is 34.6 Å². The number of ether oxygens (including phenoxy) is 3. The summed E-state index contributed by atoms with van der Waals surface area (Å²) in [7, 11) is 2.41. The minimum absolute atomic E-state index is 0.00449. The van der Waals surface area contributed by atoms with Crippen LogP contribution in [0.3, 0.4) is 0 Å². The van der Waals surface area contributed by atoms with Crippen molar-refractivity contribution in [3.63, 3.8) is 0 Å². The summed E-state index contributed by atoms with van der Waals surface area (Å²) in [6.45, 7) is 5.45. The zero-order valence-electron chi connectivity index (χ0n) is 21.3. The number of amides is 2. The van der Waals surface area contributed by atoms with Crippen LogP contribution in [0.4, 0.5) is 5.69 Å². The molecule has 3 rings (SSSR count). The lowest BCUT2D eigenvalue weighted by Crippen LogP contribution is -2.41. The molecule has 2 amide bonds. The van der Waals surface area contributed by atoms with Crippen LogP contribution in [0.25, 0.3) is 11.6 Å². The molecule has 0 saturated carbocycles. The van der Waals surface area contributed by atoms with Crippen molar-refractivity contribution >= 4 is 47.1 Å². The minimum atomic E-state index is -1.06. The predicted molar refractivity (Wildman–Crippen MR) is 134 cm³/mol. The molecule has 0 saturated heterocycles. The van der Waals surface area contributed by atoms with Gasteiger partial charge in [-0.3, -0.25) is 14.4 Å². The summed E-state index contributed by atoms with van der Waals surface area (Å²) in [5, 5.41) is 5.33. The summed E-state index contributed by atoms with van der Waals surface area (Å²) in [5.41, 5.74) is 3.67. The topological polar surface area (TPSA) is 153 Å². The molecule has 0 bridgehead atoms. The summed E-state index contributed by atoms with van der Waals surface area (Å²) in [4.78, 5) is 64.8. The van der Waals surface area contributed by atoms with Crippen molar-refractivity contribution < 1.29 is 38.2 Å². The molecule has 0 aliphatic carbocycles. The molecule has 1 aliphatic rings. The number of benzene rings is 1. The first kappa shape index (κ1) is 27.2. The monoisotopic (exact) mass is 511 g/mol. The average molecular weight is 512 g/mol. The lowest BCUT2D eigenvalue weighted by Gasteiger charge is -2.16. The van der Waals surface area contributed by atoms with Crippen molar-refractivity contribution in [1.29, 1.82) is 0 Å². The number of esters is 3. The smallest absolute Gasteiger partial charge is 0.340 e. The van der Waals surface area contributed by atoms with Crippen LogP contribution in [0.1, 0.15) is 63.0 Å². The van der Waals surface area contributed by atoms with Gasteiger partial charge in [-0.1, -0.05) is 0 Å². The highest BCUT2D eigenvalue weighted by atomic mass is 16.5. The Hall–Kier alpha value is -4.41. The van der Waals surface area contributed by atoms with Gasteiger partial charge in [-0.15, -0.1) is 0 Å². The molecule has 1 aromatic heterocycles. The number of hydrogen-bond acceptors (Lipinski definition) is 8. The molecule has 0 fully saturated rings. The Labute approximate surface area is 213 Å². The average Bonchev–Trinajstić information content (AvgIpc) is 3.34. The number of anilines is 1. The minimum Gasteiger partial charge on any atom is -0.469 e. The van der Waals surface area contributed by atoms with E-state index in [9.17, 15) is 24.0 Å². The molecule has 1 aliphatic heterocycles. The Morgan fingerprint density at radius 2 is 1.84 bits per heavy atom. The third kappa shape index (κ3) is 5.88. The summed E-state index contributed by atoms with van der Waals surface area (Å²) in [5.74, 6) is -2.64. The molecule has 0 unspecified atom stereocenters. The number of carbonyl (C=O) groups is 5. The predicted octanol–water partition coefficient (Wildman–Crippen LogP) is 2.53. The third-order valence-electron chi connectivity index (χ3n) is 5.96. The van der Waals surface area contributed by atoms with Gasteiger partial charge in [0.05, 0.1) is 32.0 Å². The van der Waals surface area contributed by atoms with Crippen LogP contribution >= 0.6 is 0 Å². The maximum atomic E-state index is 13.0. The van der Waals surface area contributed by atoms with Gasteiger partial charge in [-0.2, -0.15) is 0 Å². The Balaban J connectivity index is 1.90. The Morgan fingerprint density at radius 1 is 1.11 bits per heavy atom. The maximum absolute atomic E-state index is 13.0. The molecule has 3 N–H and O–H groups in total. The number of nitrogens with one attached hydrogen (secondary N) is 3. The van der Waals surface area contributed by atoms with Crippen LogP contribution < -0.4 is 10.6 Å². The highest BCUT2D eigenvalue weighted by Crippen LogP contribution is 2.35. The fourth-order valence-electron chi connectivity index (χ4n) is 4.04. The van der Waals surface area contributed by atoms with E-state index < -0.39 is 29.9 Å². The molecule has 11 nitrogen and oxygen atoms in total. The maximum Gasteiger partial charge on any atom is 0.340 e. The molecular weight excluding hydrogens is 482 g/mol. The molecule has 11 heteroatoms. The lowest BCUT2D eigenvalue weighted by molar-refractivity contribution is -0.144. The third-order valence-corrected chi connectivity index (χ3v) is 5.96. The SMILES string of the molecule is CCOC(=O)c1c(C)[nH]c(/C=C2\C(=O)Nc3ccc(C(=O)N[C@H](CCC(=O)OC)C(=O)OC)cc32)c1C. The van der Waals surface area contributed by atoms with E-state index in [2.05, 4.69) is 20.4 Å². The zero-order chi connectivity index (χ0) is 27.3. The number of fused-ring (bicyclic) bond motifs is 1. The van der Waals surface area contributed by atoms with Crippen LogP contribution in [-0.2, 0) is 28.6 Å². The van der Waals surface area contributed by atoms with Crippen LogP contribution in [0.2, 0.25) is 0 Å². The first-order valence-electron chi connectivity index (χ1n) is 11.6. The van der Waals surface area contributed by atoms with E-state index in [0.29, 0.717) is 39.3 Å². The molecule has 37 heavy (non-hydrogen) atoms. The van der Waals surface area contributed by atoms with Gasteiger partial charge in [0.15, 0.2) is 0 Å². The van der Waals surface area contributed by atoms with E-state index in [0.717, 1.165) is 0 Å². The second-order valence-corrected chi connectivity index (χ2v) is 8.32. The number of aryl methyl sites for hydroxylation is 1. The summed E-state index contributed by atoms with van der Waals surface area (Å²) < 4.78 is 14.4. The number of aromatic nitrogens is 1. The number of aromatic amines is 1. The van der Waals surface area contributed by atoms with Gasteiger partial charge >= 0.3 is 17.9 Å². The molecule has 1 aromatic carbocycles. The molecule has 0 radical (unpaired) electrons.